The Morgan fingerprint density at radius 1 is 1.36 bits per heavy atom. The summed E-state index contributed by atoms with van der Waals surface area (Å²) in [4.78, 5) is 31.3. The molecule has 1 saturated heterocycles. The van der Waals surface area contributed by atoms with Crippen molar-refractivity contribution in [3.05, 3.63) is 40.8 Å². The lowest BCUT2D eigenvalue weighted by molar-refractivity contribution is -0.127. The number of thiazole rings is 1. The monoisotopic (exact) mass is 400 g/mol. The SMILES string of the molecule is Cc1nc(Nc2nccnc2[C@@H]2CCCN(C(=O)/C=C/CN(C)C)C2)sc1C. The maximum absolute atomic E-state index is 12.5. The van der Waals surface area contributed by atoms with Crippen LogP contribution >= 0.6 is 11.3 Å². The molecular weight excluding hydrogens is 372 g/mol. The number of nitrogens with one attached hydrogen (secondary N) is 1. The van der Waals surface area contributed by atoms with Crippen molar-refractivity contribution in [2.45, 2.75) is 32.6 Å². The number of likely N-dealkylation sites (tertiary alicyclic amines) is 1. The third-order valence-electron chi connectivity index (χ3n) is 4.83. The van der Waals surface area contributed by atoms with E-state index in [0.717, 1.165) is 48.3 Å². The Morgan fingerprint density at radius 2 is 2.14 bits per heavy atom. The van der Waals surface area contributed by atoms with E-state index in [1.807, 2.05) is 36.9 Å². The van der Waals surface area contributed by atoms with E-state index in [-0.39, 0.29) is 11.8 Å². The van der Waals surface area contributed by atoms with Gasteiger partial charge in [-0.1, -0.05) is 6.08 Å². The Morgan fingerprint density at radius 3 is 2.86 bits per heavy atom. The van der Waals surface area contributed by atoms with Crippen LogP contribution in [-0.4, -0.2) is 64.4 Å². The highest BCUT2D eigenvalue weighted by atomic mass is 32.1. The molecule has 1 N–H and O–H groups in total. The van der Waals surface area contributed by atoms with Gasteiger partial charge in [0, 0.05) is 48.9 Å². The number of aryl methyl sites for hydroxylation is 2. The Kier molecular flexibility index (Phi) is 6.74. The number of rotatable bonds is 6. The molecule has 1 fully saturated rings. The summed E-state index contributed by atoms with van der Waals surface area (Å²) in [5.41, 5.74) is 1.93. The molecule has 0 saturated carbocycles. The molecule has 0 bridgehead atoms. The van der Waals surface area contributed by atoms with Crippen LogP contribution in [0.3, 0.4) is 0 Å². The number of hydrogen-bond acceptors (Lipinski definition) is 7. The molecule has 2 aromatic heterocycles. The van der Waals surface area contributed by atoms with Gasteiger partial charge in [0.05, 0.1) is 11.4 Å². The number of nitrogens with zero attached hydrogens (tertiary/aromatic N) is 5. The number of aromatic nitrogens is 3. The van der Waals surface area contributed by atoms with Crippen LogP contribution in [0.15, 0.2) is 24.5 Å². The topological polar surface area (TPSA) is 74.2 Å². The summed E-state index contributed by atoms with van der Waals surface area (Å²) < 4.78 is 0. The first kappa shape index (κ1) is 20.4. The largest absolute Gasteiger partial charge is 0.338 e. The summed E-state index contributed by atoms with van der Waals surface area (Å²) in [6.45, 7) is 6.27. The predicted octanol–water partition coefficient (Wildman–Crippen LogP) is 3.12. The molecule has 0 aromatic carbocycles. The molecule has 7 nitrogen and oxygen atoms in total. The van der Waals surface area contributed by atoms with E-state index in [9.17, 15) is 4.79 Å². The van der Waals surface area contributed by atoms with Gasteiger partial charge in [-0.2, -0.15) is 0 Å². The molecule has 1 amide bonds. The van der Waals surface area contributed by atoms with Crippen LogP contribution in [-0.2, 0) is 4.79 Å². The second-order valence-corrected chi connectivity index (χ2v) is 8.57. The van der Waals surface area contributed by atoms with Crippen molar-refractivity contribution in [2.24, 2.45) is 0 Å². The third-order valence-corrected chi connectivity index (χ3v) is 5.82. The van der Waals surface area contributed by atoms with Crippen LogP contribution in [0.4, 0.5) is 10.9 Å². The summed E-state index contributed by atoms with van der Waals surface area (Å²) in [5, 5.41) is 4.16. The van der Waals surface area contributed by atoms with Gasteiger partial charge in [-0.25, -0.2) is 9.97 Å². The molecule has 150 valence electrons. The Hall–Kier alpha value is -2.32. The van der Waals surface area contributed by atoms with Crippen molar-refractivity contribution in [2.75, 3.05) is 39.0 Å². The van der Waals surface area contributed by atoms with E-state index in [0.29, 0.717) is 6.54 Å². The fourth-order valence-corrected chi connectivity index (χ4v) is 4.06. The quantitative estimate of drug-likeness (QED) is 0.751. The molecule has 2 aromatic rings. The van der Waals surface area contributed by atoms with Gasteiger partial charge >= 0.3 is 0 Å². The van der Waals surface area contributed by atoms with Crippen LogP contribution in [0.25, 0.3) is 0 Å². The molecule has 0 radical (unpaired) electrons. The van der Waals surface area contributed by atoms with E-state index in [1.165, 1.54) is 4.88 Å². The number of carbonyl (C=O) groups excluding carboxylic acids is 1. The van der Waals surface area contributed by atoms with Gasteiger partial charge in [0.25, 0.3) is 0 Å². The summed E-state index contributed by atoms with van der Waals surface area (Å²) in [6, 6.07) is 0. The van der Waals surface area contributed by atoms with Crippen LogP contribution in [0, 0.1) is 13.8 Å². The standard InChI is InChI=1S/C20H28N6OS/c1-14-15(2)28-20(23-14)24-19-18(21-9-10-22-19)16-7-5-12-26(13-16)17(27)8-6-11-25(3)4/h6,8-10,16H,5,7,11-13H2,1-4H3,(H,22,23,24)/b8-6+/t16-/m1/s1. The van der Waals surface area contributed by atoms with Gasteiger partial charge in [0.15, 0.2) is 10.9 Å². The maximum Gasteiger partial charge on any atom is 0.246 e. The maximum atomic E-state index is 12.5. The Labute approximate surface area is 170 Å². The Balaban J connectivity index is 1.72. The fraction of sp³-hybridized carbons (Fsp3) is 0.500. The van der Waals surface area contributed by atoms with Crippen LogP contribution in [0.5, 0.6) is 0 Å². The number of hydrogen-bond donors (Lipinski definition) is 1. The Bertz CT molecular complexity index is 827. The van der Waals surface area contributed by atoms with Crippen LogP contribution in [0.1, 0.15) is 35.0 Å². The first-order valence-electron chi connectivity index (χ1n) is 9.56. The van der Waals surface area contributed by atoms with Crippen LogP contribution < -0.4 is 5.32 Å². The molecule has 1 aliphatic heterocycles. The van der Waals surface area contributed by atoms with Crippen molar-refractivity contribution < 1.29 is 4.79 Å². The van der Waals surface area contributed by atoms with E-state index < -0.39 is 0 Å². The average molecular weight is 401 g/mol. The lowest BCUT2D eigenvalue weighted by atomic mass is 9.94. The van der Waals surface area contributed by atoms with E-state index in [4.69, 9.17) is 0 Å². The average Bonchev–Trinajstić information content (AvgIpc) is 2.99. The zero-order chi connectivity index (χ0) is 20.1. The summed E-state index contributed by atoms with van der Waals surface area (Å²) >= 11 is 1.61. The molecule has 28 heavy (non-hydrogen) atoms. The van der Waals surface area contributed by atoms with Gasteiger partial charge in [0.2, 0.25) is 5.91 Å². The van der Waals surface area contributed by atoms with E-state index in [2.05, 4.69) is 27.2 Å². The first-order valence-corrected chi connectivity index (χ1v) is 10.4. The molecule has 0 unspecified atom stereocenters. The lowest BCUT2D eigenvalue weighted by Gasteiger charge is -2.32. The third kappa shape index (κ3) is 5.14. The minimum atomic E-state index is 0.0659. The molecule has 3 rings (SSSR count). The van der Waals surface area contributed by atoms with Gasteiger partial charge in [-0.05, 0) is 40.8 Å². The minimum absolute atomic E-state index is 0.0659. The first-order chi connectivity index (χ1) is 13.4. The number of piperidine rings is 1. The molecule has 1 aliphatic rings. The normalized spacial score (nSPS) is 17.5. The van der Waals surface area contributed by atoms with Crippen molar-refractivity contribution in [1.82, 2.24) is 24.8 Å². The molecule has 3 heterocycles. The number of likely N-dealkylation sites (N-methyl/N-ethyl adjacent to an activating group) is 1. The summed E-state index contributed by atoms with van der Waals surface area (Å²) in [5.74, 6) is 0.966. The van der Waals surface area contributed by atoms with Crippen molar-refractivity contribution in [3.63, 3.8) is 0 Å². The number of carbonyl (C=O) groups is 1. The van der Waals surface area contributed by atoms with Gasteiger partial charge in [-0.15, -0.1) is 11.3 Å². The fourth-order valence-electron chi connectivity index (χ4n) is 3.24. The van der Waals surface area contributed by atoms with E-state index in [1.54, 1.807) is 29.8 Å². The highest BCUT2D eigenvalue weighted by Gasteiger charge is 2.27. The molecular formula is C20H28N6OS. The van der Waals surface area contributed by atoms with Gasteiger partial charge in [0.1, 0.15) is 0 Å². The highest BCUT2D eigenvalue weighted by Crippen LogP contribution is 2.32. The van der Waals surface area contributed by atoms with Crippen molar-refractivity contribution in [1.29, 1.82) is 0 Å². The molecule has 8 heteroatoms. The van der Waals surface area contributed by atoms with Gasteiger partial charge in [-0.3, -0.25) is 9.78 Å². The number of anilines is 2. The predicted molar refractivity (Wildman–Crippen MR) is 113 cm³/mol. The smallest absolute Gasteiger partial charge is 0.246 e. The zero-order valence-corrected chi connectivity index (χ0v) is 17.8. The second-order valence-electron chi connectivity index (χ2n) is 7.36. The molecule has 0 aliphatic carbocycles. The minimum Gasteiger partial charge on any atom is -0.338 e. The number of amides is 1. The van der Waals surface area contributed by atoms with Crippen molar-refractivity contribution in [3.8, 4) is 0 Å². The summed E-state index contributed by atoms with van der Waals surface area (Å²) in [6.07, 6.45) is 8.96. The van der Waals surface area contributed by atoms with Crippen LogP contribution in [0.2, 0.25) is 0 Å². The molecule has 0 spiro atoms. The van der Waals surface area contributed by atoms with E-state index >= 15 is 0 Å². The lowest BCUT2D eigenvalue weighted by Crippen LogP contribution is -2.38. The summed E-state index contributed by atoms with van der Waals surface area (Å²) in [7, 11) is 3.97. The highest BCUT2D eigenvalue weighted by molar-refractivity contribution is 7.15. The zero-order valence-electron chi connectivity index (χ0n) is 17.0. The molecule has 1 atom stereocenters. The second kappa shape index (κ2) is 9.25. The van der Waals surface area contributed by atoms with Gasteiger partial charge < -0.3 is 15.1 Å². The van der Waals surface area contributed by atoms with Crippen molar-refractivity contribution >= 4 is 28.2 Å².